The van der Waals surface area contributed by atoms with Gasteiger partial charge in [0, 0.05) is 25.4 Å². The van der Waals surface area contributed by atoms with Gasteiger partial charge >= 0.3 is 5.97 Å². The van der Waals surface area contributed by atoms with Crippen LogP contribution in [0, 0.1) is 16.7 Å². The van der Waals surface area contributed by atoms with Gasteiger partial charge in [-0.25, -0.2) is 0 Å². The quantitative estimate of drug-likeness (QED) is 0.658. The van der Waals surface area contributed by atoms with Gasteiger partial charge in [0.05, 0.1) is 12.7 Å². The highest BCUT2D eigenvalue weighted by Crippen LogP contribution is 2.61. The molecule has 1 saturated carbocycles. The molecule has 4 nitrogen and oxygen atoms in total. The second-order valence-corrected chi connectivity index (χ2v) is 10.1. The smallest absolute Gasteiger partial charge is 0.303 e. The van der Waals surface area contributed by atoms with Crippen molar-refractivity contribution >= 4 is 5.97 Å². The Morgan fingerprint density at radius 2 is 2.14 bits per heavy atom. The second kappa shape index (κ2) is 7.37. The summed E-state index contributed by atoms with van der Waals surface area (Å²) in [4.78, 5) is 10.7. The first-order valence-corrected chi connectivity index (χ1v) is 11.0. The highest BCUT2D eigenvalue weighted by Gasteiger charge is 2.51. The Morgan fingerprint density at radius 1 is 1.32 bits per heavy atom. The molecule has 0 aromatic carbocycles. The molecule has 1 aromatic heterocycles. The molecule has 1 N–H and O–H groups in total. The molecule has 1 fully saturated rings. The zero-order valence-electron chi connectivity index (χ0n) is 17.7. The van der Waals surface area contributed by atoms with Crippen LogP contribution in [0.15, 0.2) is 29.6 Å². The molecule has 3 aliphatic rings. The largest absolute Gasteiger partial charge is 0.481 e. The van der Waals surface area contributed by atoms with Crippen molar-refractivity contribution in [2.75, 3.05) is 6.61 Å². The minimum absolute atomic E-state index is 0.139. The zero-order valence-corrected chi connectivity index (χ0v) is 17.7. The first-order chi connectivity index (χ1) is 13.3. The van der Waals surface area contributed by atoms with Gasteiger partial charge in [-0.3, -0.25) is 4.79 Å². The summed E-state index contributed by atoms with van der Waals surface area (Å²) in [6.07, 6.45) is 12.8. The number of aromatic nitrogens is 1. The maximum absolute atomic E-state index is 10.7. The van der Waals surface area contributed by atoms with Gasteiger partial charge in [-0.1, -0.05) is 32.8 Å². The van der Waals surface area contributed by atoms with Crippen LogP contribution in [-0.4, -0.2) is 22.2 Å². The monoisotopic (exact) mass is 385 g/mol. The molecule has 3 atom stereocenters. The zero-order chi connectivity index (χ0) is 19.9. The summed E-state index contributed by atoms with van der Waals surface area (Å²) in [6.45, 7) is 9.03. The number of carboxylic acids is 1. The van der Waals surface area contributed by atoms with Gasteiger partial charge in [0.1, 0.15) is 0 Å². The fourth-order valence-corrected chi connectivity index (χ4v) is 6.46. The van der Waals surface area contributed by atoms with E-state index >= 15 is 0 Å². The predicted octanol–water partition coefficient (Wildman–Crippen LogP) is 5.74. The van der Waals surface area contributed by atoms with Crippen LogP contribution in [0.1, 0.15) is 83.8 Å². The minimum atomic E-state index is -0.724. The van der Waals surface area contributed by atoms with E-state index in [2.05, 4.69) is 43.8 Å². The molecule has 3 unspecified atom stereocenters. The number of ether oxygens (including phenoxy) is 1. The van der Waals surface area contributed by atoms with Gasteiger partial charge < -0.3 is 14.4 Å². The molecule has 1 aliphatic heterocycles. The van der Waals surface area contributed by atoms with E-state index in [9.17, 15) is 4.79 Å². The van der Waals surface area contributed by atoms with Crippen LogP contribution < -0.4 is 0 Å². The molecule has 0 radical (unpaired) electrons. The van der Waals surface area contributed by atoms with Crippen molar-refractivity contribution in [2.45, 2.75) is 84.8 Å². The minimum Gasteiger partial charge on any atom is -0.481 e. The number of aliphatic carboxylic acids is 1. The van der Waals surface area contributed by atoms with Crippen LogP contribution in [0.3, 0.4) is 0 Å². The second-order valence-electron chi connectivity index (χ2n) is 10.1. The molecule has 2 heterocycles. The summed E-state index contributed by atoms with van der Waals surface area (Å²) in [5, 5.41) is 8.83. The summed E-state index contributed by atoms with van der Waals surface area (Å²) in [5.74, 6) is 0.0600. The lowest BCUT2D eigenvalue weighted by Crippen LogP contribution is -2.47. The fraction of sp³-hybridized carbons (Fsp3) is 0.708. The number of fused-ring (bicyclic) bond motifs is 2. The van der Waals surface area contributed by atoms with E-state index in [1.165, 1.54) is 37.7 Å². The molecule has 0 saturated heterocycles. The maximum Gasteiger partial charge on any atom is 0.303 e. The predicted molar refractivity (Wildman–Crippen MR) is 110 cm³/mol. The number of carboxylic acid groups (broad SMARTS) is 1. The van der Waals surface area contributed by atoms with Crippen molar-refractivity contribution in [3.05, 3.63) is 35.2 Å². The number of carbonyl (C=O) groups is 1. The molecular weight excluding hydrogens is 350 g/mol. The normalized spacial score (nSPS) is 32.0. The van der Waals surface area contributed by atoms with Crippen molar-refractivity contribution in [3.8, 4) is 0 Å². The van der Waals surface area contributed by atoms with Crippen molar-refractivity contribution in [1.82, 2.24) is 4.57 Å². The SMILES string of the molecule is CC1(C)CCCC2(C)C3=C(CCC12)COC(c1ccn(CCCC(=O)O)c1)C3. The van der Waals surface area contributed by atoms with Gasteiger partial charge in [-0.15, -0.1) is 0 Å². The van der Waals surface area contributed by atoms with Crippen LogP contribution in [0.5, 0.6) is 0 Å². The Balaban J connectivity index is 1.50. The highest BCUT2D eigenvalue weighted by atomic mass is 16.5. The van der Waals surface area contributed by atoms with E-state index in [0.29, 0.717) is 17.3 Å². The van der Waals surface area contributed by atoms with E-state index in [1.807, 2.05) is 0 Å². The Morgan fingerprint density at radius 3 is 2.93 bits per heavy atom. The van der Waals surface area contributed by atoms with E-state index in [0.717, 1.165) is 25.5 Å². The van der Waals surface area contributed by atoms with Gasteiger partial charge in [-0.05, 0) is 72.5 Å². The van der Waals surface area contributed by atoms with Gasteiger partial charge in [0.2, 0.25) is 0 Å². The number of nitrogens with zero attached hydrogens (tertiary/aromatic N) is 1. The molecule has 4 rings (SSSR count). The average Bonchev–Trinajstić information content (AvgIpc) is 3.09. The summed E-state index contributed by atoms with van der Waals surface area (Å²) >= 11 is 0. The van der Waals surface area contributed by atoms with E-state index < -0.39 is 5.97 Å². The number of hydrogen-bond donors (Lipinski definition) is 1. The van der Waals surface area contributed by atoms with Crippen LogP contribution in [0.4, 0.5) is 0 Å². The number of rotatable bonds is 5. The molecule has 154 valence electrons. The first kappa shape index (κ1) is 19.8. The first-order valence-electron chi connectivity index (χ1n) is 11.0. The summed E-state index contributed by atoms with van der Waals surface area (Å²) in [5.41, 5.74) is 5.29. The third kappa shape index (κ3) is 3.56. The van der Waals surface area contributed by atoms with Gasteiger partial charge in [0.25, 0.3) is 0 Å². The molecule has 28 heavy (non-hydrogen) atoms. The average molecular weight is 386 g/mol. The molecule has 4 heteroatoms. The Bertz CT molecular complexity index is 775. The molecule has 2 aliphatic carbocycles. The van der Waals surface area contributed by atoms with E-state index in [4.69, 9.17) is 9.84 Å². The van der Waals surface area contributed by atoms with Crippen molar-refractivity contribution in [1.29, 1.82) is 0 Å². The molecular formula is C24H35NO3. The highest BCUT2D eigenvalue weighted by molar-refractivity contribution is 5.66. The van der Waals surface area contributed by atoms with Crippen LogP contribution >= 0.6 is 0 Å². The van der Waals surface area contributed by atoms with Crippen LogP contribution in [-0.2, 0) is 16.1 Å². The Labute approximate surface area is 169 Å². The molecule has 0 amide bonds. The number of hydrogen-bond acceptors (Lipinski definition) is 2. The number of aryl methyl sites for hydroxylation is 1. The van der Waals surface area contributed by atoms with Crippen LogP contribution in [0.2, 0.25) is 0 Å². The standard InChI is InChI=1S/C24H35NO3/c1-23(2)10-5-11-24(3)19-14-20(28-16-18(19)7-8-21(23)24)17-9-13-25(15-17)12-4-6-22(26)27/h9,13,15,20-21H,4-8,10-12,14,16H2,1-3H3,(H,26,27). The lowest BCUT2D eigenvalue weighted by atomic mass is 9.49. The van der Waals surface area contributed by atoms with Crippen molar-refractivity contribution in [3.63, 3.8) is 0 Å². The Hall–Kier alpha value is -1.55. The van der Waals surface area contributed by atoms with Gasteiger partial charge in [0.15, 0.2) is 0 Å². The fourth-order valence-electron chi connectivity index (χ4n) is 6.46. The topological polar surface area (TPSA) is 51.5 Å². The third-order valence-electron chi connectivity index (χ3n) is 7.88. The molecule has 0 spiro atoms. The summed E-state index contributed by atoms with van der Waals surface area (Å²) in [6, 6.07) is 2.16. The Kier molecular flexibility index (Phi) is 5.20. The maximum atomic E-state index is 10.7. The summed E-state index contributed by atoms with van der Waals surface area (Å²) in [7, 11) is 0. The molecule has 1 aromatic rings. The third-order valence-corrected chi connectivity index (χ3v) is 7.88. The van der Waals surface area contributed by atoms with E-state index in [1.54, 1.807) is 11.1 Å². The van der Waals surface area contributed by atoms with Gasteiger partial charge in [-0.2, -0.15) is 0 Å². The molecule has 0 bridgehead atoms. The lowest BCUT2D eigenvalue weighted by molar-refractivity contribution is -0.137. The summed E-state index contributed by atoms with van der Waals surface area (Å²) < 4.78 is 8.41. The van der Waals surface area contributed by atoms with E-state index in [-0.39, 0.29) is 12.5 Å². The van der Waals surface area contributed by atoms with Crippen LogP contribution in [0.25, 0.3) is 0 Å². The van der Waals surface area contributed by atoms with Crippen molar-refractivity contribution < 1.29 is 14.6 Å². The van der Waals surface area contributed by atoms with Crippen molar-refractivity contribution in [2.24, 2.45) is 16.7 Å². The lowest BCUT2D eigenvalue weighted by Gasteiger charge is -2.56.